The number of guanidine groups is 1. The lowest BCUT2D eigenvalue weighted by Gasteiger charge is -2.26. The second-order valence-corrected chi connectivity index (χ2v) is 5.20. The number of nitrogens with zero attached hydrogens (tertiary/aromatic N) is 3. The van der Waals surface area contributed by atoms with Crippen LogP contribution in [0.2, 0.25) is 0 Å². The number of hydrogen-bond acceptors (Lipinski definition) is 4. The molecule has 1 rings (SSSR count). The lowest BCUT2D eigenvalue weighted by Crippen LogP contribution is -2.45. The molecule has 0 aromatic rings. The first kappa shape index (κ1) is 22.4. The molecule has 1 aliphatic rings. The van der Waals surface area contributed by atoms with Crippen molar-refractivity contribution in [3.8, 4) is 0 Å². The molecule has 1 heterocycles. The van der Waals surface area contributed by atoms with Crippen LogP contribution < -0.4 is 10.6 Å². The largest absolute Gasteiger partial charge is 0.379 e. The van der Waals surface area contributed by atoms with E-state index in [4.69, 9.17) is 4.74 Å². The Balaban J connectivity index is 0.00000484. The molecule has 0 aromatic heterocycles. The Labute approximate surface area is 157 Å². The normalized spacial score (nSPS) is 15.7. The van der Waals surface area contributed by atoms with Gasteiger partial charge in [-0.15, -0.1) is 24.0 Å². The summed E-state index contributed by atoms with van der Waals surface area (Å²) in [7, 11) is 1.75. The molecule has 0 aliphatic carbocycles. The summed E-state index contributed by atoms with van der Waals surface area (Å²) < 4.78 is 5.33. The molecule has 0 spiro atoms. The van der Waals surface area contributed by atoms with Gasteiger partial charge in [-0.1, -0.05) is 0 Å². The molecule has 0 atom stereocenters. The van der Waals surface area contributed by atoms with Crippen LogP contribution in [-0.2, 0) is 9.53 Å². The lowest BCUT2D eigenvalue weighted by atomic mass is 10.3. The molecule has 2 N–H and O–H groups in total. The van der Waals surface area contributed by atoms with E-state index in [1.165, 1.54) is 0 Å². The van der Waals surface area contributed by atoms with E-state index in [-0.39, 0.29) is 29.9 Å². The Morgan fingerprint density at radius 1 is 1.17 bits per heavy atom. The van der Waals surface area contributed by atoms with Gasteiger partial charge in [0.05, 0.1) is 13.2 Å². The third kappa shape index (κ3) is 9.31. The molecule has 23 heavy (non-hydrogen) atoms. The van der Waals surface area contributed by atoms with Crippen LogP contribution in [0.15, 0.2) is 4.99 Å². The first-order valence-corrected chi connectivity index (χ1v) is 8.23. The molecule has 7 nitrogen and oxygen atoms in total. The minimum Gasteiger partial charge on any atom is -0.379 e. The quantitative estimate of drug-likeness (QED) is 0.324. The molecule has 1 aliphatic heterocycles. The van der Waals surface area contributed by atoms with Gasteiger partial charge in [-0.25, -0.2) is 0 Å². The highest BCUT2D eigenvalue weighted by Gasteiger charge is 2.11. The van der Waals surface area contributed by atoms with Crippen molar-refractivity contribution < 1.29 is 9.53 Å². The van der Waals surface area contributed by atoms with Crippen LogP contribution in [0.4, 0.5) is 0 Å². The number of halogens is 1. The van der Waals surface area contributed by atoms with Crippen molar-refractivity contribution in [1.82, 2.24) is 20.4 Å². The molecular weight excluding hydrogens is 409 g/mol. The standard InChI is InChI=1S/C15H31N5O2.HI/c1-4-20(5-2)14(21)6-7-17-15(16-3)18-8-9-19-10-12-22-13-11-19;/h4-13H2,1-3H3,(H2,16,17,18);1H. The molecule has 136 valence electrons. The molecule has 0 aromatic carbocycles. The number of nitrogens with one attached hydrogen (secondary N) is 2. The number of carbonyl (C=O) groups excluding carboxylic acids is 1. The van der Waals surface area contributed by atoms with Crippen LogP contribution in [0.1, 0.15) is 20.3 Å². The molecule has 0 unspecified atom stereocenters. The van der Waals surface area contributed by atoms with Gasteiger partial charge < -0.3 is 20.3 Å². The van der Waals surface area contributed by atoms with Crippen molar-refractivity contribution in [3.63, 3.8) is 0 Å². The van der Waals surface area contributed by atoms with Crippen molar-refractivity contribution in [1.29, 1.82) is 0 Å². The van der Waals surface area contributed by atoms with E-state index in [1.807, 2.05) is 18.7 Å². The highest BCUT2D eigenvalue weighted by atomic mass is 127. The summed E-state index contributed by atoms with van der Waals surface area (Å²) in [5.41, 5.74) is 0. The van der Waals surface area contributed by atoms with Crippen molar-refractivity contribution in [3.05, 3.63) is 0 Å². The Bertz CT molecular complexity index is 345. The van der Waals surface area contributed by atoms with E-state index in [0.717, 1.165) is 58.4 Å². The minimum absolute atomic E-state index is 0. The summed E-state index contributed by atoms with van der Waals surface area (Å²) in [6.07, 6.45) is 0.492. The van der Waals surface area contributed by atoms with E-state index < -0.39 is 0 Å². The molecule has 0 radical (unpaired) electrons. The van der Waals surface area contributed by atoms with Crippen molar-refractivity contribution >= 4 is 35.8 Å². The van der Waals surface area contributed by atoms with Crippen molar-refractivity contribution in [2.24, 2.45) is 4.99 Å². The van der Waals surface area contributed by atoms with E-state index in [0.29, 0.717) is 13.0 Å². The van der Waals surface area contributed by atoms with Gasteiger partial charge in [0.15, 0.2) is 5.96 Å². The van der Waals surface area contributed by atoms with Crippen LogP contribution in [0.3, 0.4) is 0 Å². The molecule has 1 saturated heterocycles. The topological polar surface area (TPSA) is 69.2 Å². The molecular formula is C15H32IN5O2. The summed E-state index contributed by atoms with van der Waals surface area (Å²) in [6.45, 7) is 11.6. The van der Waals surface area contributed by atoms with E-state index in [1.54, 1.807) is 7.05 Å². The summed E-state index contributed by atoms with van der Waals surface area (Å²) in [6, 6.07) is 0. The van der Waals surface area contributed by atoms with Crippen LogP contribution in [0.25, 0.3) is 0 Å². The average molecular weight is 441 g/mol. The van der Waals surface area contributed by atoms with Crippen LogP contribution >= 0.6 is 24.0 Å². The van der Waals surface area contributed by atoms with Crippen molar-refractivity contribution in [2.45, 2.75) is 20.3 Å². The molecule has 1 amide bonds. The summed E-state index contributed by atoms with van der Waals surface area (Å²) in [5, 5.41) is 6.47. The maximum Gasteiger partial charge on any atom is 0.224 e. The van der Waals surface area contributed by atoms with Crippen LogP contribution in [0, 0.1) is 0 Å². The number of carbonyl (C=O) groups is 1. The molecule has 1 fully saturated rings. The van der Waals surface area contributed by atoms with E-state index in [9.17, 15) is 4.79 Å². The number of ether oxygens (including phenoxy) is 1. The Hall–Kier alpha value is -0.610. The number of aliphatic imine (C=N–C) groups is 1. The Morgan fingerprint density at radius 2 is 1.78 bits per heavy atom. The monoisotopic (exact) mass is 441 g/mol. The van der Waals surface area contributed by atoms with Gasteiger partial charge in [0.25, 0.3) is 0 Å². The zero-order chi connectivity index (χ0) is 16.2. The first-order chi connectivity index (χ1) is 10.7. The number of amides is 1. The van der Waals surface area contributed by atoms with Gasteiger partial charge in [-0.3, -0.25) is 14.7 Å². The fourth-order valence-electron chi connectivity index (χ4n) is 2.40. The molecule has 8 heteroatoms. The third-order valence-electron chi connectivity index (χ3n) is 3.80. The predicted molar refractivity (Wildman–Crippen MR) is 105 cm³/mol. The van der Waals surface area contributed by atoms with Gasteiger partial charge in [0.1, 0.15) is 0 Å². The number of rotatable bonds is 8. The molecule has 0 bridgehead atoms. The fraction of sp³-hybridized carbons (Fsp3) is 0.867. The number of morpholine rings is 1. The van der Waals surface area contributed by atoms with Crippen LogP contribution in [-0.4, -0.2) is 87.7 Å². The van der Waals surface area contributed by atoms with E-state index >= 15 is 0 Å². The highest BCUT2D eigenvalue weighted by molar-refractivity contribution is 14.0. The number of hydrogen-bond donors (Lipinski definition) is 2. The van der Waals surface area contributed by atoms with E-state index in [2.05, 4.69) is 20.5 Å². The smallest absolute Gasteiger partial charge is 0.224 e. The SMILES string of the molecule is CCN(CC)C(=O)CCNC(=NC)NCCN1CCOCC1.I. The van der Waals surface area contributed by atoms with Crippen LogP contribution in [0.5, 0.6) is 0 Å². The van der Waals surface area contributed by atoms with Crippen molar-refractivity contribution in [2.75, 3.05) is 66.1 Å². The summed E-state index contributed by atoms with van der Waals surface area (Å²) in [4.78, 5) is 20.3. The molecule has 0 saturated carbocycles. The maximum absolute atomic E-state index is 11.9. The minimum atomic E-state index is 0. The van der Waals surface area contributed by atoms with Gasteiger partial charge in [-0.2, -0.15) is 0 Å². The third-order valence-corrected chi connectivity index (χ3v) is 3.80. The lowest BCUT2D eigenvalue weighted by molar-refractivity contribution is -0.130. The summed E-state index contributed by atoms with van der Waals surface area (Å²) in [5.74, 6) is 0.932. The zero-order valence-corrected chi connectivity index (χ0v) is 17.0. The highest BCUT2D eigenvalue weighted by Crippen LogP contribution is 1.95. The maximum atomic E-state index is 11.9. The van der Waals surface area contributed by atoms with Gasteiger partial charge >= 0.3 is 0 Å². The van der Waals surface area contributed by atoms with Gasteiger partial charge in [0, 0.05) is 59.3 Å². The summed E-state index contributed by atoms with van der Waals surface area (Å²) >= 11 is 0. The first-order valence-electron chi connectivity index (χ1n) is 8.23. The predicted octanol–water partition coefficient (Wildman–Crippen LogP) is 0.360. The average Bonchev–Trinajstić information content (AvgIpc) is 2.55. The second-order valence-electron chi connectivity index (χ2n) is 5.20. The Kier molecular flexibility index (Phi) is 13.4. The van der Waals surface area contributed by atoms with Gasteiger partial charge in [0.2, 0.25) is 5.91 Å². The van der Waals surface area contributed by atoms with Gasteiger partial charge in [-0.05, 0) is 13.8 Å². The Morgan fingerprint density at radius 3 is 2.35 bits per heavy atom. The fourth-order valence-corrected chi connectivity index (χ4v) is 2.40. The second kappa shape index (κ2) is 13.8. The zero-order valence-electron chi connectivity index (χ0n) is 14.6.